The van der Waals surface area contributed by atoms with Gasteiger partial charge in [0.15, 0.2) is 5.76 Å². The normalized spacial score (nSPS) is 17.4. The number of carbonyl (C=O) groups excluding carboxylic acids is 2. The quantitative estimate of drug-likeness (QED) is 0.802. The van der Waals surface area contributed by atoms with Crippen LogP contribution in [0.4, 0.5) is 5.69 Å². The lowest BCUT2D eigenvalue weighted by molar-refractivity contribution is -0.139. The summed E-state index contributed by atoms with van der Waals surface area (Å²) in [6.45, 7) is 0.271. The molecule has 1 saturated heterocycles. The molecule has 1 aromatic heterocycles. The zero-order chi connectivity index (χ0) is 15.7. The molecule has 3 rings (SSSR count). The minimum atomic E-state index is -0.713. The lowest BCUT2D eigenvalue weighted by Gasteiger charge is -2.26. The van der Waals surface area contributed by atoms with Crippen molar-refractivity contribution >= 4 is 40.8 Å². The van der Waals surface area contributed by atoms with E-state index in [-0.39, 0.29) is 12.4 Å². The molecule has 0 N–H and O–H groups in total. The molecule has 0 aliphatic carbocycles. The topological polar surface area (TPSA) is 59.8 Å². The number of carbonyl (C=O) groups is 2. The Morgan fingerprint density at radius 3 is 2.64 bits per heavy atom. The van der Waals surface area contributed by atoms with Gasteiger partial charge in [0.05, 0.1) is 22.9 Å². The first-order valence-electron chi connectivity index (χ1n) is 6.56. The number of benzene rings is 1. The van der Waals surface area contributed by atoms with Crippen LogP contribution < -0.4 is 4.90 Å². The van der Waals surface area contributed by atoms with Crippen LogP contribution in [0, 0.1) is 0 Å². The molecule has 2 aromatic rings. The van der Waals surface area contributed by atoms with Gasteiger partial charge in [-0.15, -0.1) is 0 Å². The first-order chi connectivity index (χ1) is 10.6. The second-order valence-corrected chi connectivity index (χ2v) is 5.54. The SMILES string of the molecule is O=C1OCCC1N(C(=O)c1ccco1)c1ccc(Cl)c(Cl)c1. The number of cyclic esters (lactones) is 1. The van der Waals surface area contributed by atoms with Crippen LogP contribution in [0.25, 0.3) is 0 Å². The second-order valence-electron chi connectivity index (χ2n) is 4.72. The van der Waals surface area contributed by atoms with Crippen LogP contribution in [0.2, 0.25) is 10.0 Å². The number of furan rings is 1. The van der Waals surface area contributed by atoms with Gasteiger partial charge in [-0.2, -0.15) is 0 Å². The van der Waals surface area contributed by atoms with Gasteiger partial charge in [0.25, 0.3) is 5.91 Å². The maximum absolute atomic E-state index is 12.7. The zero-order valence-corrected chi connectivity index (χ0v) is 12.8. The van der Waals surface area contributed by atoms with Crippen molar-refractivity contribution in [1.29, 1.82) is 0 Å². The first-order valence-corrected chi connectivity index (χ1v) is 7.32. The van der Waals surface area contributed by atoms with Crippen LogP contribution >= 0.6 is 23.2 Å². The molecule has 0 saturated carbocycles. The van der Waals surface area contributed by atoms with Crippen LogP contribution in [0.1, 0.15) is 17.0 Å². The highest BCUT2D eigenvalue weighted by molar-refractivity contribution is 6.42. The summed E-state index contributed by atoms with van der Waals surface area (Å²) >= 11 is 11.9. The Kier molecular flexibility index (Phi) is 4.09. The van der Waals surface area contributed by atoms with E-state index < -0.39 is 17.9 Å². The molecular formula is C15H11Cl2NO4. The molecule has 1 unspecified atom stereocenters. The van der Waals surface area contributed by atoms with E-state index in [4.69, 9.17) is 32.4 Å². The van der Waals surface area contributed by atoms with E-state index in [9.17, 15) is 9.59 Å². The van der Waals surface area contributed by atoms with Crippen LogP contribution in [0.5, 0.6) is 0 Å². The molecule has 1 atom stereocenters. The Morgan fingerprint density at radius 2 is 2.05 bits per heavy atom. The highest BCUT2D eigenvalue weighted by Crippen LogP contribution is 2.31. The lowest BCUT2D eigenvalue weighted by Crippen LogP contribution is -2.43. The molecule has 1 aromatic carbocycles. The van der Waals surface area contributed by atoms with Gasteiger partial charge < -0.3 is 9.15 Å². The van der Waals surface area contributed by atoms with E-state index >= 15 is 0 Å². The Balaban J connectivity index is 2.04. The molecule has 1 aliphatic heterocycles. The Labute approximate surface area is 136 Å². The third kappa shape index (κ3) is 2.69. The summed E-state index contributed by atoms with van der Waals surface area (Å²) < 4.78 is 10.1. The number of nitrogens with zero attached hydrogens (tertiary/aromatic N) is 1. The highest BCUT2D eigenvalue weighted by atomic mass is 35.5. The molecule has 114 valence electrons. The number of anilines is 1. The third-order valence-corrected chi connectivity index (χ3v) is 4.09. The predicted octanol–water partition coefficient (Wildman–Crippen LogP) is 3.55. The van der Waals surface area contributed by atoms with Crippen molar-refractivity contribution in [2.45, 2.75) is 12.5 Å². The van der Waals surface area contributed by atoms with E-state index in [0.29, 0.717) is 22.2 Å². The number of hydrogen-bond donors (Lipinski definition) is 0. The lowest BCUT2D eigenvalue weighted by atomic mass is 10.1. The Hall–Kier alpha value is -1.98. The Morgan fingerprint density at radius 1 is 1.23 bits per heavy atom. The first kappa shape index (κ1) is 14.9. The highest BCUT2D eigenvalue weighted by Gasteiger charge is 2.37. The summed E-state index contributed by atoms with van der Waals surface area (Å²) in [5, 5.41) is 0.660. The van der Waals surface area contributed by atoms with Crippen LogP contribution in [0.15, 0.2) is 41.0 Å². The summed E-state index contributed by atoms with van der Waals surface area (Å²) in [4.78, 5) is 25.9. The summed E-state index contributed by atoms with van der Waals surface area (Å²) in [7, 11) is 0. The number of rotatable bonds is 3. The molecule has 7 heteroatoms. The van der Waals surface area contributed by atoms with Gasteiger partial charge in [0.2, 0.25) is 0 Å². The van der Waals surface area contributed by atoms with E-state index in [2.05, 4.69) is 0 Å². The van der Waals surface area contributed by atoms with Gasteiger partial charge in [-0.1, -0.05) is 23.2 Å². The van der Waals surface area contributed by atoms with Crippen molar-refractivity contribution in [3.05, 3.63) is 52.4 Å². The molecular weight excluding hydrogens is 329 g/mol. The van der Waals surface area contributed by atoms with Crippen molar-refractivity contribution in [2.75, 3.05) is 11.5 Å². The maximum atomic E-state index is 12.7. The zero-order valence-electron chi connectivity index (χ0n) is 11.3. The van der Waals surface area contributed by atoms with Gasteiger partial charge in [0, 0.05) is 12.1 Å². The molecule has 1 aliphatic rings. The fourth-order valence-electron chi connectivity index (χ4n) is 2.31. The van der Waals surface area contributed by atoms with Crippen LogP contribution in [-0.4, -0.2) is 24.5 Å². The van der Waals surface area contributed by atoms with Crippen molar-refractivity contribution in [3.63, 3.8) is 0 Å². The van der Waals surface area contributed by atoms with Gasteiger partial charge in [-0.05, 0) is 30.3 Å². The standard InChI is InChI=1S/C15H11Cl2NO4/c16-10-4-3-9(8-11(10)17)18(12-5-7-22-15(12)20)14(19)13-2-1-6-21-13/h1-4,6,8,12H,5,7H2. The monoisotopic (exact) mass is 339 g/mol. The maximum Gasteiger partial charge on any atom is 0.329 e. The van der Waals surface area contributed by atoms with Crippen molar-refractivity contribution < 1.29 is 18.7 Å². The Bertz CT molecular complexity index is 714. The fourth-order valence-corrected chi connectivity index (χ4v) is 2.60. The van der Waals surface area contributed by atoms with Gasteiger partial charge >= 0.3 is 5.97 Å². The largest absolute Gasteiger partial charge is 0.464 e. The minimum Gasteiger partial charge on any atom is -0.464 e. The van der Waals surface area contributed by atoms with Crippen molar-refractivity contribution in [3.8, 4) is 0 Å². The molecule has 0 radical (unpaired) electrons. The number of ether oxygens (including phenoxy) is 1. The number of hydrogen-bond acceptors (Lipinski definition) is 4. The average Bonchev–Trinajstić information content (AvgIpc) is 3.15. The molecule has 0 spiro atoms. The molecule has 2 heterocycles. The third-order valence-electron chi connectivity index (χ3n) is 3.35. The minimum absolute atomic E-state index is 0.130. The second kappa shape index (κ2) is 6.02. The summed E-state index contributed by atoms with van der Waals surface area (Å²) in [6, 6.07) is 7.16. The van der Waals surface area contributed by atoms with Gasteiger partial charge in [-0.25, -0.2) is 4.79 Å². The molecule has 1 fully saturated rings. The van der Waals surface area contributed by atoms with Crippen molar-refractivity contribution in [2.24, 2.45) is 0 Å². The van der Waals surface area contributed by atoms with E-state index in [1.165, 1.54) is 23.3 Å². The van der Waals surface area contributed by atoms with Crippen LogP contribution in [-0.2, 0) is 9.53 Å². The summed E-state index contributed by atoms with van der Waals surface area (Å²) in [5.41, 5.74) is 0.458. The smallest absolute Gasteiger partial charge is 0.329 e. The number of amides is 1. The van der Waals surface area contributed by atoms with E-state index in [0.717, 1.165) is 0 Å². The predicted molar refractivity (Wildman–Crippen MR) is 81.3 cm³/mol. The molecule has 22 heavy (non-hydrogen) atoms. The molecule has 0 bridgehead atoms. The van der Waals surface area contributed by atoms with Crippen LogP contribution in [0.3, 0.4) is 0 Å². The summed E-state index contributed by atoms with van der Waals surface area (Å²) in [5.74, 6) is -0.760. The number of halogens is 2. The number of esters is 1. The molecule has 5 nitrogen and oxygen atoms in total. The molecule has 1 amide bonds. The van der Waals surface area contributed by atoms with E-state index in [1.54, 1.807) is 18.2 Å². The van der Waals surface area contributed by atoms with Gasteiger partial charge in [-0.3, -0.25) is 9.69 Å². The van der Waals surface area contributed by atoms with Gasteiger partial charge in [0.1, 0.15) is 6.04 Å². The fraction of sp³-hybridized carbons (Fsp3) is 0.200. The van der Waals surface area contributed by atoms with Crippen molar-refractivity contribution in [1.82, 2.24) is 0 Å². The summed E-state index contributed by atoms with van der Waals surface area (Å²) in [6.07, 6.45) is 1.80. The average molecular weight is 340 g/mol. The van der Waals surface area contributed by atoms with E-state index in [1.807, 2.05) is 0 Å².